The lowest BCUT2D eigenvalue weighted by Gasteiger charge is -2.46. The Balaban J connectivity index is 2.94. The van der Waals surface area contributed by atoms with E-state index in [1.807, 2.05) is 0 Å². The number of hydrogen-bond donors (Lipinski definition) is 9. The predicted molar refractivity (Wildman–Crippen MR) is 76.3 cm³/mol. The largest absolute Gasteiger partial charge is 0.480 e. The summed E-state index contributed by atoms with van der Waals surface area (Å²) in [4.78, 5) is 32.0. The second kappa shape index (κ2) is 8.86. The van der Waals surface area contributed by atoms with Crippen molar-refractivity contribution >= 4 is 17.9 Å². The molecule has 0 bridgehead atoms. The number of aliphatic hydroxyl groups is 3. The van der Waals surface area contributed by atoms with Crippen molar-refractivity contribution in [3.05, 3.63) is 0 Å². The van der Waals surface area contributed by atoms with Crippen molar-refractivity contribution in [2.24, 2.45) is 0 Å². The molecule has 0 amide bonds. The molecule has 12 nitrogen and oxygen atoms in total. The molecule has 12 heteroatoms. The SMILES string of the molecule is O=C(O)CN[C@H]1[C@@H](O)[C@@H](NCC(=O)O)[C@@H](O)[C@@H](NCC(=O)O)[C@H]1O. The Kier molecular flexibility index (Phi) is 7.47. The molecule has 9 N–H and O–H groups in total. The van der Waals surface area contributed by atoms with Gasteiger partial charge in [-0.2, -0.15) is 0 Å². The average Bonchev–Trinajstić information content (AvgIpc) is 2.45. The Bertz CT molecular complexity index is 396. The van der Waals surface area contributed by atoms with Crippen LogP contribution in [-0.2, 0) is 14.4 Å². The molecule has 0 aromatic heterocycles. The molecule has 138 valence electrons. The molecule has 0 spiro atoms. The molecule has 0 atom stereocenters. The summed E-state index contributed by atoms with van der Waals surface area (Å²) in [6.45, 7) is -1.81. The first-order chi connectivity index (χ1) is 11.1. The van der Waals surface area contributed by atoms with Crippen LogP contribution >= 0.6 is 0 Å². The lowest BCUT2D eigenvalue weighted by atomic mass is 9.79. The summed E-state index contributed by atoms with van der Waals surface area (Å²) in [5.74, 6) is -3.78. The zero-order chi connectivity index (χ0) is 18.4. The van der Waals surface area contributed by atoms with Gasteiger partial charge in [0.15, 0.2) is 0 Å². The number of nitrogens with one attached hydrogen (secondary N) is 3. The first kappa shape index (κ1) is 20.2. The summed E-state index contributed by atoms with van der Waals surface area (Å²) in [6.07, 6.45) is -4.55. The maximum Gasteiger partial charge on any atom is 0.317 e. The van der Waals surface area contributed by atoms with Crippen molar-refractivity contribution < 1.29 is 45.0 Å². The summed E-state index contributed by atoms with van der Waals surface area (Å²) < 4.78 is 0. The summed E-state index contributed by atoms with van der Waals surface area (Å²) in [5, 5.41) is 63.9. The standard InChI is InChI=1S/C12H21N3O9/c16-4(17)1-13-7-10(22)8(14-2-5(18)19)12(24)9(11(7)23)15-3-6(20)21/h7-15,22-24H,1-3H2,(H,16,17)(H,18,19)(H,20,21)/t7-,8+,9-,10+,11-,12+. The van der Waals surface area contributed by atoms with Crippen LogP contribution in [0.1, 0.15) is 0 Å². The van der Waals surface area contributed by atoms with E-state index in [1.165, 1.54) is 0 Å². The maximum atomic E-state index is 10.7. The number of hydrogen-bond acceptors (Lipinski definition) is 9. The Morgan fingerprint density at radius 1 is 0.583 bits per heavy atom. The number of rotatable bonds is 9. The highest BCUT2D eigenvalue weighted by atomic mass is 16.4. The normalized spacial score (nSPS) is 33.1. The minimum absolute atomic E-state index is 0.605. The fourth-order valence-corrected chi connectivity index (χ4v) is 2.62. The van der Waals surface area contributed by atoms with Crippen LogP contribution in [0.2, 0.25) is 0 Å². The Hall–Kier alpha value is -1.83. The molecule has 0 radical (unpaired) electrons. The van der Waals surface area contributed by atoms with Crippen molar-refractivity contribution in [2.75, 3.05) is 19.6 Å². The number of carbonyl (C=O) groups is 3. The molecular weight excluding hydrogens is 330 g/mol. The van der Waals surface area contributed by atoms with E-state index in [0.29, 0.717) is 0 Å². The van der Waals surface area contributed by atoms with E-state index in [1.54, 1.807) is 0 Å². The highest BCUT2D eigenvalue weighted by molar-refractivity contribution is 5.70. The molecule has 0 aliphatic heterocycles. The van der Waals surface area contributed by atoms with Crippen LogP contribution in [0.3, 0.4) is 0 Å². The Morgan fingerprint density at radius 2 is 0.792 bits per heavy atom. The zero-order valence-electron chi connectivity index (χ0n) is 12.5. The van der Waals surface area contributed by atoms with Gasteiger partial charge < -0.3 is 30.6 Å². The quantitative estimate of drug-likeness (QED) is 0.192. The van der Waals surface area contributed by atoms with Crippen LogP contribution in [-0.4, -0.2) is 105 Å². The molecule has 0 saturated heterocycles. The number of aliphatic hydroxyl groups excluding tert-OH is 3. The highest BCUT2D eigenvalue weighted by Crippen LogP contribution is 2.22. The smallest absolute Gasteiger partial charge is 0.317 e. The van der Waals surface area contributed by atoms with Gasteiger partial charge in [-0.15, -0.1) is 0 Å². The first-order valence-electron chi connectivity index (χ1n) is 7.05. The molecule has 1 fully saturated rings. The zero-order valence-corrected chi connectivity index (χ0v) is 12.5. The highest BCUT2D eigenvalue weighted by Gasteiger charge is 2.49. The van der Waals surface area contributed by atoms with E-state index in [2.05, 4.69) is 16.0 Å². The van der Waals surface area contributed by atoms with E-state index < -0.39 is 74.0 Å². The second-order valence-electron chi connectivity index (χ2n) is 5.37. The molecule has 1 rings (SSSR count). The molecular formula is C12H21N3O9. The molecule has 0 aromatic carbocycles. The molecule has 0 aromatic rings. The van der Waals surface area contributed by atoms with Gasteiger partial charge in [0.1, 0.15) is 0 Å². The van der Waals surface area contributed by atoms with Gasteiger partial charge in [0.2, 0.25) is 0 Å². The molecule has 0 heterocycles. The van der Waals surface area contributed by atoms with Crippen molar-refractivity contribution in [1.29, 1.82) is 0 Å². The van der Waals surface area contributed by atoms with Gasteiger partial charge in [-0.05, 0) is 0 Å². The van der Waals surface area contributed by atoms with Crippen LogP contribution in [0.4, 0.5) is 0 Å². The third-order valence-corrected chi connectivity index (χ3v) is 3.67. The molecule has 1 saturated carbocycles. The van der Waals surface area contributed by atoms with Gasteiger partial charge in [-0.1, -0.05) is 0 Å². The van der Waals surface area contributed by atoms with Gasteiger partial charge in [0.25, 0.3) is 0 Å². The fraction of sp³-hybridized carbons (Fsp3) is 0.750. The third kappa shape index (κ3) is 5.36. The first-order valence-corrected chi connectivity index (χ1v) is 7.05. The van der Waals surface area contributed by atoms with Crippen molar-refractivity contribution in [2.45, 2.75) is 36.4 Å². The van der Waals surface area contributed by atoms with E-state index >= 15 is 0 Å². The van der Waals surface area contributed by atoms with Gasteiger partial charge in [-0.3, -0.25) is 30.3 Å². The van der Waals surface area contributed by atoms with Gasteiger partial charge in [-0.25, -0.2) is 0 Å². The number of carboxylic acids is 3. The van der Waals surface area contributed by atoms with Crippen LogP contribution in [0.15, 0.2) is 0 Å². The van der Waals surface area contributed by atoms with E-state index in [4.69, 9.17) is 15.3 Å². The van der Waals surface area contributed by atoms with Crippen molar-refractivity contribution in [3.63, 3.8) is 0 Å². The second-order valence-corrected chi connectivity index (χ2v) is 5.37. The summed E-state index contributed by atoms with van der Waals surface area (Å²) in [6, 6.07) is -3.70. The monoisotopic (exact) mass is 351 g/mol. The minimum atomic E-state index is -1.52. The third-order valence-electron chi connectivity index (χ3n) is 3.67. The van der Waals surface area contributed by atoms with Gasteiger partial charge >= 0.3 is 17.9 Å². The van der Waals surface area contributed by atoms with Crippen LogP contribution in [0.25, 0.3) is 0 Å². The predicted octanol–water partition coefficient (Wildman–Crippen LogP) is -4.79. The van der Waals surface area contributed by atoms with Crippen LogP contribution in [0.5, 0.6) is 0 Å². The Labute approximate surface area is 136 Å². The van der Waals surface area contributed by atoms with E-state index in [9.17, 15) is 29.7 Å². The lowest BCUT2D eigenvalue weighted by Crippen LogP contribution is -2.74. The maximum absolute atomic E-state index is 10.7. The molecule has 1 aliphatic rings. The summed E-state index contributed by atoms with van der Waals surface area (Å²) in [7, 11) is 0. The number of carboxylic acid groups (broad SMARTS) is 3. The average molecular weight is 351 g/mol. The van der Waals surface area contributed by atoms with E-state index in [0.717, 1.165) is 0 Å². The van der Waals surface area contributed by atoms with Crippen LogP contribution in [0, 0.1) is 0 Å². The lowest BCUT2D eigenvalue weighted by molar-refractivity contribution is -0.138. The summed E-state index contributed by atoms with van der Waals surface area (Å²) in [5.41, 5.74) is 0. The fourth-order valence-electron chi connectivity index (χ4n) is 2.62. The van der Waals surface area contributed by atoms with Crippen molar-refractivity contribution in [3.8, 4) is 0 Å². The summed E-state index contributed by atoms with van der Waals surface area (Å²) >= 11 is 0. The molecule has 0 unspecified atom stereocenters. The van der Waals surface area contributed by atoms with Crippen LogP contribution < -0.4 is 16.0 Å². The van der Waals surface area contributed by atoms with Crippen molar-refractivity contribution in [1.82, 2.24) is 16.0 Å². The minimum Gasteiger partial charge on any atom is -0.480 e. The molecule has 24 heavy (non-hydrogen) atoms. The van der Waals surface area contributed by atoms with E-state index in [-0.39, 0.29) is 0 Å². The molecule has 1 aliphatic carbocycles. The Morgan fingerprint density at radius 3 is 0.958 bits per heavy atom. The van der Waals surface area contributed by atoms with Gasteiger partial charge in [0, 0.05) is 0 Å². The number of aliphatic carboxylic acids is 3. The van der Waals surface area contributed by atoms with Gasteiger partial charge in [0.05, 0.1) is 56.1 Å². The topological polar surface area (TPSA) is 209 Å².